The molecule has 1 aliphatic carbocycles. The zero-order chi connectivity index (χ0) is 47.2. The van der Waals surface area contributed by atoms with Gasteiger partial charge < -0.3 is 54.0 Å². The minimum atomic E-state index is -5.53. The number of aliphatic hydroxyl groups is 3. The molecular formula is C39H77O20P3S. The molecule has 24 heteroatoms. The minimum Gasteiger partial charge on any atom is -0.457 e. The summed E-state index contributed by atoms with van der Waals surface area (Å²) < 4.78 is 71.2. The average molecular weight is 991 g/mol. The molecule has 1 fully saturated rings. The van der Waals surface area contributed by atoms with Crippen LogP contribution in [0.3, 0.4) is 0 Å². The lowest BCUT2D eigenvalue weighted by Gasteiger charge is -2.44. The van der Waals surface area contributed by atoms with Gasteiger partial charge in [-0.05, 0) is 25.7 Å². The number of hydrogen-bond donors (Lipinski definition) is 8. The van der Waals surface area contributed by atoms with E-state index in [-0.39, 0.29) is 24.9 Å². The second-order valence-corrected chi connectivity index (χ2v) is 20.8. The largest absolute Gasteiger partial charge is 0.472 e. The van der Waals surface area contributed by atoms with Crippen LogP contribution < -0.4 is 0 Å². The van der Waals surface area contributed by atoms with E-state index < -0.39 is 78.8 Å². The molecule has 0 saturated heterocycles. The summed E-state index contributed by atoms with van der Waals surface area (Å²) in [4.78, 5) is 72.0. The molecule has 0 heterocycles. The van der Waals surface area contributed by atoms with Crippen LogP contribution in [0.15, 0.2) is 0 Å². The summed E-state index contributed by atoms with van der Waals surface area (Å²) >= 11 is 1.41. The highest BCUT2D eigenvalue weighted by atomic mass is 32.2. The second kappa shape index (κ2) is 34.8. The van der Waals surface area contributed by atoms with Gasteiger partial charge >= 0.3 is 29.4 Å². The van der Waals surface area contributed by atoms with E-state index in [4.69, 9.17) is 23.3 Å². The number of carbonyl (C=O) groups excluding carboxylic acids is 2. The zero-order valence-electron chi connectivity index (χ0n) is 37.1. The normalized spacial score (nSPS) is 22.2. The highest BCUT2D eigenvalue weighted by Crippen LogP contribution is 2.51. The third-order valence-corrected chi connectivity index (χ3v) is 13.2. The van der Waals surface area contributed by atoms with Crippen LogP contribution in [0.4, 0.5) is 0 Å². The highest BCUT2D eigenvalue weighted by Gasteiger charge is 2.56. The Morgan fingerprint density at radius 2 is 0.984 bits per heavy atom. The number of aliphatic hydroxyl groups excluding tert-OH is 3. The van der Waals surface area contributed by atoms with Crippen LogP contribution in [0.25, 0.3) is 0 Å². The molecule has 0 spiro atoms. The fraction of sp³-hybridized carbons (Fsp3) is 0.949. The molecule has 1 saturated carbocycles. The van der Waals surface area contributed by atoms with Gasteiger partial charge in [-0.25, -0.2) is 13.7 Å². The Hall–Kier alpha value is -0.380. The quantitative estimate of drug-likeness (QED) is 0.0137. The molecule has 1 rings (SSSR count). The molecule has 0 radical (unpaired) electrons. The van der Waals surface area contributed by atoms with Crippen molar-refractivity contribution in [2.24, 2.45) is 0 Å². The zero-order valence-corrected chi connectivity index (χ0v) is 40.6. The standard InChI is InChI=1S/C39H77O20P3S/c1-3-5-6-7-8-9-10-11-12-13-15-18-21-25-32(40)56-31(28-54-30-53-26-22-19-16-14-17-20-23-27-63-33(41)24-4-2)29-55-62(51,52)59-39-35(43)37(57-60(45,46)47)34(42)38(36(39)44)58-61(48,49)50/h31,34-39,42-44H,3-30H2,1-2H3,(H,51,52)(H2,45,46,47)(H2,48,49,50)/t31-,34?,35+,36?,37+,38-,39?/m1/s1. The maximum atomic E-state index is 13.1. The van der Waals surface area contributed by atoms with Crippen LogP contribution in [-0.2, 0) is 55.6 Å². The SMILES string of the molecule is CCCCCCCCCCCCCCCC(=O)O[C@H](COCOCCCCCCCCCSC(=O)CCC)COP(=O)(O)OC1C(O)[C@H](OP(=O)(O)O)C(O)[C@H](OP(=O)(O)O)[C@@H]1O. The Morgan fingerprint density at radius 3 is 1.46 bits per heavy atom. The van der Waals surface area contributed by atoms with Crippen LogP contribution in [0.5, 0.6) is 0 Å². The number of unbranched alkanes of at least 4 members (excludes halogenated alkanes) is 18. The minimum absolute atomic E-state index is 0.0420. The third kappa shape index (κ3) is 31.3. The van der Waals surface area contributed by atoms with Gasteiger partial charge in [0, 0.05) is 25.2 Å². The third-order valence-electron chi connectivity index (χ3n) is 10.1. The summed E-state index contributed by atoms with van der Waals surface area (Å²) in [6.07, 6.45) is 6.84. The topological polar surface area (TPSA) is 312 Å². The van der Waals surface area contributed by atoms with Crippen LogP contribution >= 0.6 is 35.2 Å². The van der Waals surface area contributed by atoms with Gasteiger partial charge in [-0.2, -0.15) is 0 Å². The van der Waals surface area contributed by atoms with Crippen LogP contribution in [-0.4, -0.2) is 126 Å². The molecule has 0 aromatic heterocycles. The molecule has 63 heavy (non-hydrogen) atoms. The van der Waals surface area contributed by atoms with E-state index in [1.165, 1.54) is 63.1 Å². The van der Waals surface area contributed by atoms with Crippen LogP contribution in [0, 0.1) is 0 Å². The van der Waals surface area contributed by atoms with E-state index in [0.29, 0.717) is 19.4 Å². The van der Waals surface area contributed by atoms with E-state index in [2.05, 4.69) is 16.0 Å². The first kappa shape index (κ1) is 60.6. The van der Waals surface area contributed by atoms with Gasteiger partial charge in [0.2, 0.25) is 0 Å². The summed E-state index contributed by atoms with van der Waals surface area (Å²) in [6.45, 7) is 3.18. The fourth-order valence-electron chi connectivity index (χ4n) is 6.82. The van der Waals surface area contributed by atoms with Crippen molar-refractivity contribution in [3.05, 3.63) is 0 Å². The molecule has 0 aromatic carbocycles. The van der Waals surface area contributed by atoms with E-state index >= 15 is 0 Å². The van der Waals surface area contributed by atoms with Crippen molar-refractivity contribution in [2.75, 3.05) is 32.4 Å². The molecule has 0 amide bonds. The van der Waals surface area contributed by atoms with Gasteiger partial charge in [-0.15, -0.1) is 0 Å². The summed E-state index contributed by atoms with van der Waals surface area (Å²) in [5.41, 5.74) is 0. The summed E-state index contributed by atoms with van der Waals surface area (Å²) in [6, 6.07) is 0. The molecule has 8 atom stereocenters. The van der Waals surface area contributed by atoms with Crippen LogP contribution in [0.1, 0.15) is 162 Å². The summed E-state index contributed by atoms with van der Waals surface area (Å²) in [5.74, 6) is 0.210. The first-order chi connectivity index (χ1) is 29.8. The second-order valence-electron chi connectivity index (χ2n) is 15.9. The smallest absolute Gasteiger partial charge is 0.457 e. The van der Waals surface area contributed by atoms with Crippen molar-refractivity contribution in [3.63, 3.8) is 0 Å². The Kier molecular flexibility index (Phi) is 33.5. The van der Waals surface area contributed by atoms with Gasteiger partial charge in [0.25, 0.3) is 0 Å². The lowest BCUT2D eigenvalue weighted by molar-refractivity contribution is -0.213. The number of hydrogen-bond acceptors (Lipinski definition) is 16. The number of phosphoric acid groups is 3. The number of ether oxygens (including phenoxy) is 3. The number of esters is 1. The Bertz CT molecular complexity index is 1320. The highest BCUT2D eigenvalue weighted by molar-refractivity contribution is 8.13. The van der Waals surface area contributed by atoms with Crippen molar-refractivity contribution in [1.82, 2.24) is 0 Å². The van der Waals surface area contributed by atoms with Crippen molar-refractivity contribution >= 4 is 46.3 Å². The predicted molar refractivity (Wildman–Crippen MR) is 234 cm³/mol. The maximum absolute atomic E-state index is 13.1. The molecule has 20 nitrogen and oxygen atoms in total. The monoisotopic (exact) mass is 990 g/mol. The first-order valence-electron chi connectivity index (χ1n) is 22.5. The number of phosphoric ester groups is 3. The van der Waals surface area contributed by atoms with Crippen molar-refractivity contribution in [2.45, 2.75) is 204 Å². The number of rotatable bonds is 40. The fourth-order valence-corrected chi connectivity index (χ4v) is 9.85. The molecule has 0 bridgehead atoms. The van der Waals surface area contributed by atoms with Gasteiger partial charge in [0.1, 0.15) is 49.5 Å². The Balaban J connectivity index is 2.70. The Morgan fingerprint density at radius 1 is 0.540 bits per heavy atom. The first-order valence-corrected chi connectivity index (χ1v) is 28.0. The molecule has 1 aliphatic rings. The predicted octanol–water partition coefficient (Wildman–Crippen LogP) is 6.72. The van der Waals surface area contributed by atoms with E-state index in [0.717, 1.165) is 82.8 Å². The number of carbonyl (C=O) groups is 2. The van der Waals surface area contributed by atoms with Crippen molar-refractivity contribution in [3.8, 4) is 0 Å². The lowest BCUT2D eigenvalue weighted by atomic mass is 9.85. The molecule has 0 aromatic rings. The lowest BCUT2D eigenvalue weighted by Crippen LogP contribution is -2.65. The van der Waals surface area contributed by atoms with Gasteiger partial charge in [0.15, 0.2) is 5.12 Å². The molecular weight excluding hydrogens is 913 g/mol. The molecule has 374 valence electrons. The summed E-state index contributed by atoms with van der Waals surface area (Å²) in [7, 11) is -16.5. The molecule has 0 aliphatic heterocycles. The van der Waals surface area contributed by atoms with Gasteiger partial charge in [-0.3, -0.25) is 27.7 Å². The van der Waals surface area contributed by atoms with E-state index in [1.807, 2.05) is 6.92 Å². The molecule has 4 unspecified atom stereocenters. The summed E-state index contributed by atoms with van der Waals surface area (Å²) in [5, 5.41) is 32.0. The maximum Gasteiger partial charge on any atom is 0.472 e. The van der Waals surface area contributed by atoms with Gasteiger partial charge in [0.05, 0.1) is 13.2 Å². The average Bonchev–Trinajstić information content (AvgIpc) is 3.20. The molecule has 8 N–H and O–H groups in total. The number of thioether (sulfide) groups is 1. The van der Waals surface area contributed by atoms with E-state index in [1.54, 1.807) is 0 Å². The van der Waals surface area contributed by atoms with Crippen LogP contribution in [0.2, 0.25) is 0 Å². The Labute approximate surface area is 377 Å². The van der Waals surface area contributed by atoms with Gasteiger partial charge in [-0.1, -0.05) is 135 Å². The van der Waals surface area contributed by atoms with Crippen molar-refractivity contribution < 1.29 is 95.4 Å². The van der Waals surface area contributed by atoms with E-state index in [9.17, 15) is 63.1 Å². The van der Waals surface area contributed by atoms with Crippen molar-refractivity contribution in [1.29, 1.82) is 0 Å².